The van der Waals surface area contributed by atoms with Gasteiger partial charge >= 0.3 is 99.2 Å². The Balaban J connectivity index is 0.000000265. The fraction of sp³-hybridized carbons (Fsp3) is 0.362. The van der Waals surface area contributed by atoms with Crippen molar-refractivity contribution in [2.45, 2.75) is 99.8 Å². The van der Waals surface area contributed by atoms with Crippen LogP contribution in [0.4, 0.5) is 0 Å². The van der Waals surface area contributed by atoms with Gasteiger partial charge in [-0.3, -0.25) is 6.08 Å². The number of fused-ring (bicyclic) bond motifs is 3. The van der Waals surface area contributed by atoms with Crippen molar-refractivity contribution in [2.75, 3.05) is 0 Å². The molecule has 1 aliphatic rings. The number of hydrogen-bond acceptors (Lipinski definition) is 0. The molecule has 0 aromatic heterocycles. The second kappa shape index (κ2) is 18.4. The molecule has 264 valence electrons. The predicted octanol–water partition coefficient (Wildman–Crippen LogP) is 7.26. The Bertz CT molecular complexity index is 1780. The van der Waals surface area contributed by atoms with Crippen LogP contribution in [0.1, 0.15) is 111 Å². The van der Waals surface area contributed by atoms with E-state index in [1.54, 1.807) is 0 Å². The third-order valence-electron chi connectivity index (χ3n) is 9.22. The fourth-order valence-corrected chi connectivity index (χ4v) is 7.01. The molecule has 3 heteroatoms. The molecule has 0 radical (unpaired) electrons. The van der Waals surface area contributed by atoms with Crippen LogP contribution in [-0.4, -0.2) is 3.21 Å². The molecule has 5 aromatic rings. The van der Waals surface area contributed by atoms with Crippen LogP contribution >= 0.6 is 0 Å². The molecule has 6 rings (SSSR count). The van der Waals surface area contributed by atoms with E-state index in [0.29, 0.717) is 11.3 Å². The van der Waals surface area contributed by atoms with E-state index in [-0.39, 0.29) is 35.6 Å². The van der Waals surface area contributed by atoms with E-state index in [1.807, 2.05) is 0 Å². The van der Waals surface area contributed by atoms with Gasteiger partial charge in [-0.05, 0) is 10.8 Å². The maximum atomic E-state index is 3.57. The summed E-state index contributed by atoms with van der Waals surface area (Å²) < 4.78 is 1.42. The van der Waals surface area contributed by atoms with Crippen LogP contribution in [-0.2, 0) is 35.1 Å². The van der Waals surface area contributed by atoms with Crippen LogP contribution in [0.5, 0.6) is 0 Å². The second-order valence-corrected chi connectivity index (χ2v) is 17.4. The van der Waals surface area contributed by atoms with Gasteiger partial charge in [-0.25, -0.2) is 5.57 Å². The zero-order valence-corrected chi connectivity index (χ0v) is 36.1. The molecule has 50 heavy (non-hydrogen) atoms. The fourth-order valence-electron chi connectivity index (χ4n) is 6.19. The summed E-state index contributed by atoms with van der Waals surface area (Å²) in [6.07, 6.45) is 8.28. The maximum absolute atomic E-state index is 3.57. The van der Waals surface area contributed by atoms with Crippen LogP contribution in [0.3, 0.4) is 0 Å². The summed E-state index contributed by atoms with van der Waals surface area (Å²) in [5, 5.41) is 5.48. The van der Waals surface area contributed by atoms with Crippen LogP contribution in [0.25, 0.3) is 21.5 Å². The molecule has 0 saturated carbocycles. The quantitative estimate of drug-likeness (QED) is 0.169. The van der Waals surface area contributed by atoms with Crippen molar-refractivity contribution < 1.29 is 49.0 Å². The third kappa shape index (κ3) is 11.3. The van der Waals surface area contributed by atoms with E-state index in [4.69, 9.17) is 0 Å². The zero-order chi connectivity index (χ0) is 35.3. The van der Waals surface area contributed by atoms with Gasteiger partial charge in [0.25, 0.3) is 0 Å². The Kier molecular flexibility index (Phi) is 16.1. The summed E-state index contributed by atoms with van der Waals surface area (Å²) >= 11 is 1.46. The Morgan fingerprint density at radius 2 is 1.04 bits per heavy atom. The van der Waals surface area contributed by atoms with Gasteiger partial charge in [-0.1, -0.05) is 136 Å². The summed E-state index contributed by atoms with van der Waals surface area (Å²) in [6, 6.07) is 37.3. The molecule has 1 atom stereocenters. The number of hydrogen-bond donors (Lipinski definition) is 0. The van der Waals surface area contributed by atoms with E-state index < -0.39 is 0 Å². The van der Waals surface area contributed by atoms with Gasteiger partial charge < -0.3 is 24.8 Å². The molecule has 5 aromatic carbocycles. The summed E-state index contributed by atoms with van der Waals surface area (Å²) in [5.41, 5.74) is 9.13. The molecule has 0 fully saturated rings. The second-order valence-electron chi connectivity index (χ2n) is 16.2. The molecule has 1 aliphatic carbocycles. The Labute approximate surface area is 331 Å². The van der Waals surface area contributed by atoms with E-state index in [1.165, 1.54) is 88.8 Å². The number of rotatable bonds is 4. The first-order valence-corrected chi connectivity index (χ1v) is 18.9. The van der Waals surface area contributed by atoms with Gasteiger partial charge in [0, 0.05) is 0 Å². The molecule has 0 bridgehead atoms. The summed E-state index contributed by atoms with van der Waals surface area (Å²) in [6.45, 7) is 24.9. The minimum absolute atomic E-state index is 0. The van der Waals surface area contributed by atoms with E-state index in [0.717, 1.165) is 6.42 Å². The molecule has 0 saturated heterocycles. The number of allylic oxidation sites excluding steroid dienone is 4. The van der Waals surface area contributed by atoms with E-state index >= 15 is 0 Å². The van der Waals surface area contributed by atoms with Crippen LogP contribution < -0.4 is 24.8 Å². The van der Waals surface area contributed by atoms with Crippen molar-refractivity contribution in [3.05, 3.63) is 149 Å². The topological polar surface area (TPSA) is 0 Å². The molecule has 0 nitrogen and oxygen atoms in total. The van der Waals surface area contributed by atoms with Crippen molar-refractivity contribution in [1.29, 1.82) is 0 Å². The first kappa shape index (κ1) is 43.7. The molecule has 0 spiro atoms. The van der Waals surface area contributed by atoms with Gasteiger partial charge in [-0.15, -0.1) is 39.7 Å². The molecule has 0 heterocycles. The summed E-state index contributed by atoms with van der Waals surface area (Å²) in [5.74, 6) is 0.573. The van der Waals surface area contributed by atoms with Gasteiger partial charge in [-0.2, -0.15) is 11.6 Å². The normalized spacial score (nSPS) is 14.3. The first-order valence-electron chi connectivity index (χ1n) is 17.7. The molecule has 0 amide bonds. The van der Waals surface area contributed by atoms with Crippen LogP contribution in [0.2, 0.25) is 0 Å². The average molecular weight is 783 g/mol. The molecular weight excluding hydrogens is 727 g/mol. The Hall–Kier alpha value is -2.44. The van der Waals surface area contributed by atoms with Crippen molar-refractivity contribution in [3.63, 3.8) is 0 Å². The van der Waals surface area contributed by atoms with Gasteiger partial charge in [0.15, 0.2) is 0 Å². The van der Waals surface area contributed by atoms with Crippen LogP contribution in [0.15, 0.2) is 120 Å². The minimum atomic E-state index is 0. The average Bonchev–Trinajstić information content (AvgIpc) is 3.66. The predicted molar refractivity (Wildman–Crippen MR) is 209 cm³/mol. The number of halogens is 2. The van der Waals surface area contributed by atoms with Crippen LogP contribution in [0, 0.1) is 17.4 Å². The van der Waals surface area contributed by atoms with Crippen molar-refractivity contribution in [3.8, 4) is 0 Å². The molecule has 0 aliphatic heterocycles. The molecular formula is C47H56Cl2Zr-2. The van der Waals surface area contributed by atoms with Gasteiger partial charge in [0.2, 0.25) is 0 Å². The molecule has 1 unspecified atom stereocenters. The van der Waals surface area contributed by atoms with Gasteiger partial charge in [0.05, 0.1) is 0 Å². The van der Waals surface area contributed by atoms with Crippen molar-refractivity contribution in [2.24, 2.45) is 11.3 Å². The van der Waals surface area contributed by atoms with Crippen molar-refractivity contribution >= 4 is 24.8 Å². The van der Waals surface area contributed by atoms with E-state index in [2.05, 4.69) is 191 Å². The van der Waals surface area contributed by atoms with Crippen molar-refractivity contribution in [1.82, 2.24) is 0 Å². The zero-order valence-electron chi connectivity index (χ0n) is 32.1. The standard InChI is InChI=1S/C21H25.C13H10.C13H21.2ClH.Zr/c1-20(2,3)16-7-9-18-14(12-16)11-15-13-17(21(4,5)6)8-10-19(15)18;1-3-7-12(8-4-1)11-13-9-5-2-6-10-13;1-6-10-8-11(7-2)12(9-10)13(3,4)5;;;/h7-13H,1-6H3;1-10H;9-10H,6-7H2,1-5H3;2*1H;/q-1;;-1;;;+2/p-2. The summed E-state index contributed by atoms with van der Waals surface area (Å²) in [4.78, 5) is 0. The first-order chi connectivity index (χ1) is 22.5. The SMILES string of the molecule is CC(C)(C)c1ccc2c(c1)[cH-]c1cc(C(C)(C)C)ccc12.CCC1=[C-]C(CC)C=C1C(C)(C)C.[Cl-].[Cl-].[Zr+2]=[C](c1ccccc1)c1ccccc1. The summed E-state index contributed by atoms with van der Waals surface area (Å²) in [7, 11) is 0. The molecule has 0 N–H and O–H groups in total. The third-order valence-corrected chi connectivity index (χ3v) is 10.6. The number of benzene rings is 4. The van der Waals surface area contributed by atoms with Gasteiger partial charge in [0.1, 0.15) is 0 Å². The Morgan fingerprint density at radius 1 is 0.620 bits per heavy atom. The Morgan fingerprint density at radius 3 is 1.36 bits per heavy atom. The van der Waals surface area contributed by atoms with E-state index in [9.17, 15) is 0 Å². The monoisotopic (exact) mass is 780 g/mol.